The van der Waals surface area contributed by atoms with E-state index in [9.17, 15) is 9.59 Å². The van der Waals surface area contributed by atoms with Crippen molar-refractivity contribution in [2.45, 2.75) is 26.4 Å². The molecule has 3 heterocycles. The molecule has 21 heavy (non-hydrogen) atoms. The molecule has 0 radical (unpaired) electrons. The van der Waals surface area contributed by atoms with Crippen LogP contribution in [0, 0.1) is 5.92 Å². The smallest absolute Gasteiger partial charge is 0.311 e. The van der Waals surface area contributed by atoms with Crippen molar-refractivity contribution in [2.75, 3.05) is 13.1 Å². The van der Waals surface area contributed by atoms with Crippen LogP contribution < -0.4 is 11.2 Å². The van der Waals surface area contributed by atoms with Gasteiger partial charge in [-0.05, 0) is 25.3 Å². The summed E-state index contributed by atoms with van der Waals surface area (Å²) in [6.07, 6.45) is 4.10. The summed E-state index contributed by atoms with van der Waals surface area (Å²) in [4.78, 5) is 30.9. The van der Waals surface area contributed by atoms with Crippen molar-refractivity contribution >= 4 is 11.2 Å². The lowest BCUT2D eigenvalue weighted by molar-refractivity contribution is 0.147. The fourth-order valence-electron chi connectivity index (χ4n) is 3.13. The van der Waals surface area contributed by atoms with Crippen LogP contribution in [0.2, 0.25) is 0 Å². The monoisotopic (exact) mass is 291 g/mol. The highest BCUT2D eigenvalue weighted by molar-refractivity contribution is 5.69. The maximum absolute atomic E-state index is 12.4. The molecule has 2 aromatic heterocycles. The second kappa shape index (κ2) is 5.14. The Labute approximate surface area is 122 Å². The van der Waals surface area contributed by atoms with Gasteiger partial charge in [0.25, 0.3) is 5.56 Å². The zero-order chi connectivity index (χ0) is 15.1. The van der Waals surface area contributed by atoms with Crippen LogP contribution in [0.1, 0.15) is 19.8 Å². The number of hydrogen-bond donors (Lipinski definition) is 0. The molecule has 0 saturated carbocycles. The highest BCUT2D eigenvalue weighted by Crippen LogP contribution is 2.17. The Bertz CT molecular complexity index is 785. The number of hydrogen-bond acceptors (Lipinski definition) is 4. The minimum atomic E-state index is -0.343. The summed E-state index contributed by atoms with van der Waals surface area (Å²) in [5.74, 6) is 0.681. The number of likely N-dealkylation sites (tertiary alicyclic amines) is 1. The first-order valence-electron chi connectivity index (χ1n) is 7.32. The Morgan fingerprint density at radius 3 is 2.76 bits per heavy atom. The molecule has 2 aromatic rings. The van der Waals surface area contributed by atoms with E-state index < -0.39 is 0 Å². The van der Waals surface area contributed by atoms with Crippen molar-refractivity contribution in [1.29, 1.82) is 0 Å². The number of imidazole rings is 1. The van der Waals surface area contributed by atoms with Gasteiger partial charge in [0.05, 0.1) is 13.0 Å². The summed E-state index contributed by atoms with van der Waals surface area (Å²) in [6.45, 7) is 4.97. The Kier molecular flexibility index (Phi) is 3.44. The van der Waals surface area contributed by atoms with E-state index in [4.69, 9.17) is 0 Å². The first-order valence-corrected chi connectivity index (χ1v) is 7.32. The van der Waals surface area contributed by atoms with Crippen LogP contribution >= 0.6 is 0 Å². The molecule has 0 aromatic carbocycles. The normalized spacial score (nSPS) is 20.2. The fourth-order valence-corrected chi connectivity index (χ4v) is 3.13. The first-order chi connectivity index (χ1) is 9.99. The van der Waals surface area contributed by atoms with Crippen molar-refractivity contribution < 1.29 is 0 Å². The second-order valence-electron chi connectivity index (χ2n) is 6.06. The molecule has 0 spiro atoms. The van der Waals surface area contributed by atoms with Gasteiger partial charge < -0.3 is 4.57 Å². The molecule has 7 heteroatoms. The summed E-state index contributed by atoms with van der Waals surface area (Å²) >= 11 is 0. The van der Waals surface area contributed by atoms with E-state index in [0.29, 0.717) is 23.8 Å². The van der Waals surface area contributed by atoms with Crippen molar-refractivity contribution in [3.05, 3.63) is 27.2 Å². The molecule has 1 saturated heterocycles. The molecule has 0 N–H and O–H groups in total. The molecular formula is C14H21N5O2. The van der Waals surface area contributed by atoms with Crippen LogP contribution in [0.25, 0.3) is 11.2 Å². The minimum absolute atomic E-state index is 0.282. The number of nitrogens with zero attached hydrogens (tertiary/aromatic N) is 5. The standard InChI is InChI=1S/C14H21N5O2/c1-10-5-4-6-18(7-10)9-19-8-15-12-11(19)13(20)17(3)14(21)16(12)2/h8,10H,4-7,9H2,1-3H3/t10-/m1/s1. The van der Waals surface area contributed by atoms with Gasteiger partial charge in [-0.3, -0.25) is 18.8 Å². The molecule has 114 valence electrons. The van der Waals surface area contributed by atoms with Gasteiger partial charge in [-0.25, -0.2) is 9.78 Å². The second-order valence-corrected chi connectivity index (χ2v) is 6.06. The van der Waals surface area contributed by atoms with E-state index in [1.807, 2.05) is 4.57 Å². The van der Waals surface area contributed by atoms with Gasteiger partial charge in [-0.1, -0.05) is 6.92 Å². The highest BCUT2D eigenvalue weighted by atomic mass is 16.2. The third-order valence-electron chi connectivity index (χ3n) is 4.31. The topological polar surface area (TPSA) is 65.1 Å². The molecule has 7 nitrogen and oxygen atoms in total. The molecule has 0 unspecified atom stereocenters. The Morgan fingerprint density at radius 1 is 1.29 bits per heavy atom. The summed E-state index contributed by atoms with van der Waals surface area (Å²) in [5, 5.41) is 0. The summed E-state index contributed by atoms with van der Waals surface area (Å²) in [7, 11) is 3.15. The summed E-state index contributed by atoms with van der Waals surface area (Å²) in [6, 6.07) is 0. The number of aromatic nitrogens is 4. The molecule has 0 amide bonds. The van der Waals surface area contributed by atoms with Crippen molar-refractivity contribution in [1.82, 2.24) is 23.6 Å². The van der Waals surface area contributed by atoms with E-state index in [-0.39, 0.29) is 11.2 Å². The highest BCUT2D eigenvalue weighted by Gasteiger charge is 2.19. The predicted octanol–water partition coefficient (Wildman–Crippen LogP) is 0.123. The number of piperidine rings is 1. The van der Waals surface area contributed by atoms with E-state index >= 15 is 0 Å². The maximum atomic E-state index is 12.4. The van der Waals surface area contributed by atoms with Crippen LogP contribution in [0.4, 0.5) is 0 Å². The molecular weight excluding hydrogens is 270 g/mol. The number of fused-ring (bicyclic) bond motifs is 1. The fraction of sp³-hybridized carbons (Fsp3) is 0.643. The molecule has 1 aliphatic rings. The average molecular weight is 291 g/mol. The van der Waals surface area contributed by atoms with E-state index in [2.05, 4.69) is 16.8 Å². The van der Waals surface area contributed by atoms with Crippen molar-refractivity contribution in [2.24, 2.45) is 20.0 Å². The minimum Gasteiger partial charge on any atom is -0.311 e. The third kappa shape index (κ3) is 2.31. The van der Waals surface area contributed by atoms with Crippen molar-refractivity contribution in [3.8, 4) is 0 Å². The molecule has 3 rings (SSSR count). The van der Waals surface area contributed by atoms with Crippen LogP contribution in [0.5, 0.6) is 0 Å². The molecule has 1 fully saturated rings. The molecule has 0 bridgehead atoms. The predicted molar refractivity (Wildman–Crippen MR) is 80.2 cm³/mol. The maximum Gasteiger partial charge on any atom is 0.332 e. The Morgan fingerprint density at radius 2 is 2.05 bits per heavy atom. The van der Waals surface area contributed by atoms with E-state index in [1.54, 1.807) is 13.4 Å². The lowest BCUT2D eigenvalue weighted by Gasteiger charge is -2.30. The molecule has 1 aliphatic heterocycles. The van der Waals surface area contributed by atoms with Gasteiger partial charge in [0.1, 0.15) is 0 Å². The number of rotatable bonds is 2. The van der Waals surface area contributed by atoms with E-state index in [0.717, 1.165) is 17.7 Å². The number of aryl methyl sites for hydroxylation is 1. The lowest BCUT2D eigenvalue weighted by Crippen LogP contribution is -2.39. The average Bonchev–Trinajstić information content (AvgIpc) is 2.87. The van der Waals surface area contributed by atoms with Crippen LogP contribution in [0.15, 0.2) is 15.9 Å². The van der Waals surface area contributed by atoms with Gasteiger partial charge in [0.2, 0.25) is 0 Å². The van der Waals surface area contributed by atoms with E-state index in [1.165, 1.54) is 24.5 Å². The van der Waals surface area contributed by atoms with Crippen LogP contribution in [-0.2, 0) is 20.8 Å². The third-order valence-corrected chi connectivity index (χ3v) is 4.31. The Balaban J connectivity index is 2.04. The summed E-state index contributed by atoms with van der Waals surface area (Å²) in [5.41, 5.74) is 0.325. The zero-order valence-corrected chi connectivity index (χ0v) is 12.7. The SMILES string of the molecule is C[C@@H]1CCCN(Cn2cnc3c2c(=O)n(C)c(=O)n3C)C1. The van der Waals surface area contributed by atoms with Gasteiger partial charge in [-0.2, -0.15) is 0 Å². The molecule has 1 atom stereocenters. The van der Waals surface area contributed by atoms with Gasteiger partial charge in [-0.15, -0.1) is 0 Å². The van der Waals surface area contributed by atoms with Gasteiger partial charge in [0.15, 0.2) is 11.2 Å². The first kappa shape index (κ1) is 14.1. The quantitative estimate of drug-likeness (QED) is 0.788. The lowest BCUT2D eigenvalue weighted by atomic mass is 10.0. The van der Waals surface area contributed by atoms with Crippen LogP contribution in [0.3, 0.4) is 0 Å². The van der Waals surface area contributed by atoms with Crippen LogP contribution in [-0.4, -0.2) is 36.7 Å². The Hall–Kier alpha value is -1.89. The largest absolute Gasteiger partial charge is 0.332 e. The van der Waals surface area contributed by atoms with Gasteiger partial charge in [0, 0.05) is 20.6 Å². The van der Waals surface area contributed by atoms with Crippen molar-refractivity contribution in [3.63, 3.8) is 0 Å². The summed E-state index contributed by atoms with van der Waals surface area (Å²) < 4.78 is 4.42. The zero-order valence-electron chi connectivity index (χ0n) is 12.7. The molecule has 0 aliphatic carbocycles. The van der Waals surface area contributed by atoms with Gasteiger partial charge >= 0.3 is 5.69 Å².